The van der Waals surface area contributed by atoms with Crippen LogP contribution in [0.15, 0.2) is 24.3 Å². The van der Waals surface area contributed by atoms with E-state index < -0.39 is 17.8 Å². The fourth-order valence-electron chi connectivity index (χ4n) is 3.08. The van der Waals surface area contributed by atoms with E-state index in [-0.39, 0.29) is 23.8 Å². The Labute approximate surface area is 144 Å². The first-order valence-electron chi connectivity index (χ1n) is 7.89. The maximum atomic E-state index is 12.9. The fourth-order valence-corrected chi connectivity index (χ4v) is 3.08. The molecule has 1 amide bonds. The van der Waals surface area contributed by atoms with Crippen molar-refractivity contribution < 1.29 is 27.8 Å². The van der Waals surface area contributed by atoms with Gasteiger partial charge in [-0.1, -0.05) is 32.9 Å². The highest BCUT2D eigenvalue weighted by Gasteiger charge is 2.37. The van der Waals surface area contributed by atoms with Crippen molar-refractivity contribution in [2.75, 3.05) is 13.7 Å². The Kier molecular flexibility index (Phi) is 5.06. The lowest BCUT2D eigenvalue weighted by Gasteiger charge is -2.41. The lowest BCUT2D eigenvalue weighted by atomic mass is 9.79. The minimum atomic E-state index is -4.44. The van der Waals surface area contributed by atoms with E-state index >= 15 is 0 Å². The van der Waals surface area contributed by atoms with Crippen molar-refractivity contribution in [3.05, 3.63) is 35.4 Å². The molecule has 1 atom stereocenters. The monoisotopic (exact) mass is 357 g/mol. The number of nitrogens with zero attached hydrogens (tertiary/aromatic N) is 1. The molecule has 0 spiro atoms. The molecule has 0 bridgehead atoms. The van der Waals surface area contributed by atoms with Crippen LogP contribution in [0.1, 0.15) is 38.3 Å². The molecule has 0 radical (unpaired) electrons. The third-order valence-corrected chi connectivity index (χ3v) is 4.44. The molecule has 1 aliphatic heterocycles. The van der Waals surface area contributed by atoms with Gasteiger partial charge in [-0.25, -0.2) is 4.79 Å². The van der Waals surface area contributed by atoms with Gasteiger partial charge in [-0.15, -0.1) is 0 Å². The molecule has 138 valence electrons. The van der Waals surface area contributed by atoms with E-state index in [9.17, 15) is 23.1 Å². The minimum Gasteiger partial charge on any atom is -0.496 e. The highest BCUT2D eigenvalue weighted by Crippen LogP contribution is 2.40. The Morgan fingerprint density at radius 3 is 2.40 bits per heavy atom. The van der Waals surface area contributed by atoms with Crippen LogP contribution in [0.5, 0.6) is 5.75 Å². The summed E-state index contributed by atoms with van der Waals surface area (Å²) in [4.78, 5) is 12.8. The zero-order chi connectivity index (χ0) is 19.0. The van der Waals surface area contributed by atoms with Gasteiger partial charge in [-0.05, 0) is 29.5 Å². The van der Waals surface area contributed by atoms with Crippen LogP contribution < -0.4 is 4.74 Å². The summed E-state index contributed by atoms with van der Waals surface area (Å²) < 4.78 is 43.8. The Bertz CT molecular complexity index is 690. The number of methoxy groups -OCH3 is 1. The van der Waals surface area contributed by atoms with Gasteiger partial charge in [0, 0.05) is 18.2 Å². The van der Waals surface area contributed by atoms with Gasteiger partial charge in [-0.3, -0.25) is 0 Å². The van der Waals surface area contributed by atoms with Crippen molar-refractivity contribution in [2.24, 2.45) is 5.41 Å². The molecule has 25 heavy (non-hydrogen) atoms. The largest absolute Gasteiger partial charge is 0.496 e. The smallest absolute Gasteiger partial charge is 0.416 e. The summed E-state index contributed by atoms with van der Waals surface area (Å²) in [5, 5.41) is 9.40. The van der Waals surface area contributed by atoms with Crippen LogP contribution in [0.4, 0.5) is 18.0 Å². The molecular weight excluding hydrogens is 335 g/mol. The molecule has 2 rings (SSSR count). The summed E-state index contributed by atoms with van der Waals surface area (Å²) in [6.07, 6.45) is -3.30. The Balaban J connectivity index is 2.43. The van der Waals surface area contributed by atoms with E-state index in [1.807, 2.05) is 20.8 Å². The summed E-state index contributed by atoms with van der Waals surface area (Å²) in [5.74, 6) is 0.137. The third-order valence-electron chi connectivity index (χ3n) is 4.44. The number of hydrogen-bond donors (Lipinski definition) is 1. The number of ether oxygens (including phenoxy) is 1. The number of halogens is 3. The number of carboxylic acid groups (broad SMARTS) is 1. The second-order valence-corrected chi connectivity index (χ2v) is 7.16. The molecule has 0 saturated heterocycles. The van der Waals surface area contributed by atoms with Crippen LogP contribution in [-0.2, 0) is 6.18 Å². The van der Waals surface area contributed by atoms with Crippen molar-refractivity contribution >= 4 is 11.7 Å². The number of hydrogen-bond acceptors (Lipinski definition) is 2. The molecule has 7 heteroatoms. The summed E-state index contributed by atoms with van der Waals surface area (Å²) in [5.41, 5.74) is 0.277. The molecular formula is C18H22F3NO3. The molecule has 1 aliphatic rings. The first-order valence-corrected chi connectivity index (χ1v) is 7.89. The number of rotatable bonds is 2. The molecule has 1 N–H and O–H groups in total. The van der Waals surface area contributed by atoms with E-state index in [4.69, 9.17) is 4.74 Å². The SMILES string of the molecule is COc1cc(C(F)(F)F)ccc1C1=CCN(C(=O)O)C(C(C)(C)C)C1. The van der Waals surface area contributed by atoms with Crippen LogP contribution >= 0.6 is 0 Å². The standard InChI is InChI=1S/C18H22F3NO3/c1-17(2,3)15-9-11(7-8-22(15)16(23)24)13-6-5-12(18(19,20)21)10-14(13)25-4/h5-7,10,15H,8-9H2,1-4H3,(H,23,24). The van der Waals surface area contributed by atoms with E-state index in [2.05, 4.69) is 0 Å². The highest BCUT2D eigenvalue weighted by molar-refractivity contribution is 5.75. The van der Waals surface area contributed by atoms with Gasteiger partial charge in [-0.2, -0.15) is 13.2 Å². The lowest BCUT2D eigenvalue weighted by Crippen LogP contribution is -2.48. The molecule has 0 aromatic heterocycles. The fraction of sp³-hybridized carbons (Fsp3) is 0.500. The van der Waals surface area contributed by atoms with Gasteiger partial charge >= 0.3 is 12.3 Å². The summed E-state index contributed by atoms with van der Waals surface area (Å²) in [6, 6.07) is 3.11. The van der Waals surface area contributed by atoms with Gasteiger partial charge in [0.2, 0.25) is 0 Å². The molecule has 1 aromatic carbocycles. The van der Waals surface area contributed by atoms with E-state index in [1.54, 1.807) is 6.08 Å². The molecule has 1 heterocycles. The maximum Gasteiger partial charge on any atom is 0.416 e. The molecule has 0 aliphatic carbocycles. The first-order chi connectivity index (χ1) is 11.4. The maximum absolute atomic E-state index is 12.9. The van der Waals surface area contributed by atoms with Crippen LogP contribution in [0.3, 0.4) is 0 Å². The average Bonchev–Trinajstić information content (AvgIpc) is 2.51. The van der Waals surface area contributed by atoms with Crippen LogP contribution in [0.2, 0.25) is 0 Å². The van der Waals surface area contributed by atoms with Crippen molar-refractivity contribution in [3.63, 3.8) is 0 Å². The average molecular weight is 357 g/mol. The van der Waals surface area contributed by atoms with Crippen LogP contribution in [0.25, 0.3) is 5.57 Å². The molecule has 1 unspecified atom stereocenters. The van der Waals surface area contributed by atoms with E-state index in [0.717, 1.165) is 17.7 Å². The molecule has 1 aromatic rings. The normalized spacial score (nSPS) is 18.8. The van der Waals surface area contributed by atoms with Crippen molar-refractivity contribution in [1.82, 2.24) is 4.90 Å². The summed E-state index contributed by atoms with van der Waals surface area (Å²) in [6.45, 7) is 6.03. The Morgan fingerprint density at radius 1 is 1.28 bits per heavy atom. The van der Waals surface area contributed by atoms with E-state index in [0.29, 0.717) is 12.0 Å². The topological polar surface area (TPSA) is 49.8 Å². The zero-order valence-electron chi connectivity index (χ0n) is 14.6. The van der Waals surface area contributed by atoms with Gasteiger partial charge in [0.1, 0.15) is 5.75 Å². The van der Waals surface area contributed by atoms with Crippen molar-refractivity contribution in [2.45, 2.75) is 39.4 Å². The van der Waals surface area contributed by atoms with Crippen LogP contribution in [-0.4, -0.2) is 35.8 Å². The number of alkyl halides is 3. The zero-order valence-corrected chi connectivity index (χ0v) is 14.6. The third kappa shape index (κ3) is 4.08. The van der Waals surface area contributed by atoms with Gasteiger partial charge in [0.05, 0.1) is 12.7 Å². The number of benzene rings is 1. The minimum absolute atomic E-state index is 0.137. The quantitative estimate of drug-likeness (QED) is 0.819. The molecule has 4 nitrogen and oxygen atoms in total. The molecule has 0 fully saturated rings. The highest BCUT2D eigenvalue weighted by atomic mass is 19.4. The Morgan fingerprint density at radius 2 is 1.92 bits per heavy atom. The van der Waals surface area contributed by atoms with Gasteiger partial charge in [0.25, 0.3) is 0 Å². The van der Waals surface area contributed by atoms with Crippen molar-refractivity contribution in [1.29, 1.82) is 0 Å². The van der Waals surface area contributed by atoms with Gasteiger partial charge < -0.3 is 14.7 Å². The number of amides is 1. The lowest BCUT2D eigenvalue weighted by molar-refractivity contribution is -0.137. The molecule has 0 saturated carbocycles. The summed E-state index contributed by atoms with van der Waals surface area (Å²) >= 11 is 0. The van der Waals surface area contributed by atoms with Gasteiger partial charge in [0.15, 0.2) is 0 Å². The van der Waals surface area contributed by atoms with E-state index in [1.165, 1.54) is 18.1 Å². The second kappa shape index (κ2) is 6.61. The Hall–Kier alpha value is -2.18. The number of carbonyl (C=O) groups is 1. The second-order valence-electron chi connectivity index (χ2n) is 7.16. The van der Waals surface area contributed by atoms with Crippen molar-refractivity contribution in [3.8, 4) is 5.75 Å². The predicted octanol–water partition coefficient (Wildman–Crippen LogP) is 4.90. The van der Waals surface area contributed by atoms with Crippen LogP contribution in [0, 0.1) is 5.41 Å². The first kappa shape index (κ1) is 19.1. The summed E-state index contributed by atoms with van der Waals surface area (Å²) in [7, 11) is 1.33. The predicted molar refractivity (Wildman–Crippen MR) is 88.6 cm³/mol.